The zero-order chi connectivity index (χ0) is 12.8. The average Bonchev–Trinajstić information content (AvgIpc) is 2.30. The number of aliphatic carboxylic acids is 1. The fraction of sp³-hybridized carbons (Fsp3) is 0.933. The first kappa shape index (κ1) is 20.4. The maximum absolute atomic E-state index is 10.3. The van der Waals surface area contributed by atoms with Crippen molar-refractivity contribution in [2.75, 3.05) is 0 Å². The summed E-state index contributed by atoms with van der Waals surface area (Å²) in [5.41, 5.74) is 0. The minimum atomic E-state index is -0.655. The first-order chi connectivity index (χ1) is 8.27. The number of carboxylic acid groups (broad SMARTS) is 1. The molecule has 18 heavy (non-hydrogen) atoms. The van der Waals surface area contributed by atoms with Gasteiger partial charge in [-0.2, -0.15) is 0 Å². The van der Waals surface area contributed by atoms with E-state index in [9.17, 15) is 4.79 Å². The van der Waals surface area contributed by atoms with E-state index >= 15 is 0 Å². The Hall–Kier alpha value is 0.106. The molecule has 0 bridgehead atoms. The number of rotatable bonds is 13. The molecule has 0 fully saturated rings. The van der Waals surface area contributed by atoms with Crippen molar-refractivity contribution in [1.82, 2.24) is 0 Å². The number of hydrogen-bond donors (Lipinski definition) is 1. The third-order valence-electron chi connectivity index (χ3n) is 3.24. The second-order valence-corrected chi connectivity index (χ2v) is 5.03. The predicted molar refractivity (Wildman–Crippen MR) is 83.3 cm³/mol. The molecule has 0 aromatic carbocycles. The summed E-state index contributed by atoms with van der Waals surface area (Å²) in [7, 11) is 0. The fourth-order valence-corrected chi connectivity index (χ4v) is 2.12. The van der Waals surface area contributed by atoms with E-state index in [0.717, 1.165) is 12.8 Å². The van der Waals surface area contributed by atoms with Gasteiger partial charge >= 0.3 is 25.8 Å². The van der Waals surface area contributed by atoms with Crippen LogP contribution >= 0.6 is 0 Å². The van der Waals surface area contributed by atoms with E-state index in [2.05, 4.69) is 6.92 Å². The normalized spacial score (nSPS) is 10.1. The number of carboxylic acids is 1. The molecule has 0 atom stereocenters. The van der Waals surface area contributed by atoms with Crippen LogP contribution in [0.5, 0.6) is 0 Å². The Morgan fingerprint density at radius 3 is 1.39 bits per heavy atom. The molecule has 3 heteroatoms. The van der Waals surface area contributed by atoms with Crippen LogP contribution in [0.1, 0.15) is 90.4 Å². The van der Waals surface area contributed by atoms with Gasteiger partial charge in [-0.15, -0.1) is 0 Å². The van der Waals surface area contributed by atoms with Crippen LogP contribution in [0.4, 0.5) is 0 Å². The van der Waals surface area contributed by atoms with Crippen LogP contribution in [-0.2, 0) is 4.79 Å². The molecule has 0 aromatic rings. The Balaban J connectivity index is 0. The summed E-state index contributed by atoms with van der Waals surface area (Å²) >= 11 is 0. The topological polar surface area (TPSA) is 37.3 Å². The van der Waals surface area contributed by atoms with Crippen LogP contribution < -0.4 is 0 Å². The number of unbranched alkanes of at least 4 members (excludes halogenated alkanes) is 11. The van der Waals surface area contributed by atoms with Gasteiger partial charge in [0.05, 0.1) is 0 Å². The van der Waals surface area contributed by atoms with E-state index in [1.54, 1.807) is 0 Å². The zero-order valence-electron chi connectivity index (χ0n) is 11.5. The van der Waals surface area contributed by atoms with Crippen molar-refractivity contribution in [1.29, 1.82) is 0 Å². The quantitative estimate of drug-likeness (QED) is 0.412. The fourth-order valence-electron chi connectivity index (χ4n) is 2.12. The summed E-state index contributed by atoms with van der Waals surface area (Å²) in [4.78, 5) is 10.3. The summed E-state index contributed by atoms with van der Waals surface area (Å²) in [6.07, 6.45) is 15.8. The van der Waals surface area contributed by atoms with E-state index in [0.29, 0.717) is 6.42 Å². The van der Waals surface area contributed by atoms with E-state index in [4.69, 9.17) is 5.11 Å². The molecule has 0 heterocycles. The van der Waals surface area contributed by atoms with Crippen LogP contribution in [0.15, 0.2) is 0 Å². The van der Waals surface area contributed by atoms with Gasteiger partial charge in [-0.3, -0.25) is 4.79 Å². The van der Waals surface area contributed by atoms with Crippen LogP contribution in [0.3, 0.4) is 0 Å². The van der Waals surface area contributed by atoms with E-state index < -0.39 is 5.97 Å². The van der Waals surface area contributed by atoms with Gasteiger partial charge in [0.15, 0.2) is 0 Å². The molecule has 0 aliphatic heterocycles. The van der Waals surface area contributed by atoms with Crippen LogP contribution in [0.25, 0.3) is 0 Å². The molecule has 108 valence electrons. The van der Waals surface area contributed by atoms with Gasteiger partial charge in [0.25, 0.3) is 0 Å². The van der Waals surface area contributed by atoms with Gasteiger partial charge in [0.1, 0.15) is 0 Å². The monoisotopic (exact) mass is 314 g/mol. The Bertz CT molecular complexity index is 172. The van der Waals surface area contributed by atoms with Gasteiger partial charge in [0, 0.05) is 6.42 Å². The van der Waals surface area contributed by atoms with Gasteiger partial charge in [-0.05, 0) is 6.42 Å². The SMILES string of the molecule is CCCCCCCCCCCCCCC(=O)O.[GaH3]. The van der Waals surface area contributed by atoms with Crippen LogP contribution in [0.2, 0.25) is 0 Å². The van der Waals surface area contributed by atoms with Crippen molar-refractivity contribution < 1.29 is 9.90 Å². The Morgan fingerprint density at radius 1 is 0.722 bits per heavy atom. The Kier molecular flexibility index (Phi) is 19.4. The summed E-state index contributed by atoms with van der Waals surface area (Å²) in [5.74, 6) is -0.655. The van der Waals surface area contributed by atoms with E-state index in [1.807, 2.05) is 0 Å². The Morgan fingerprint density at radius 2 is 1.06 bits per heavy atom. The number of carbonyl (C=O) groups is 1. The molecular weight excluding hydrogens is 282 g/mol. The van der Waals surface area contributed by atoms with Crippen LogP contribution in [-0.4, -0.2) is 30.9 Å². The van der Waals surface area contributed by atoms with Crippen molar-refractivity contribution in [2.24, 2.45) is 0 Å². The summed E-state index contributed by atoms with van der Waals surface area (Å²) < 4.78 is 0. The number of hydrogen-bond acceptors (Lipinski definition) is 1. The molecule has 0 unspecified atom stereocenters. The molecule has 0 amide bonds. The molecule has 0 aromatic heterocycles. The molecule has 0 aliphatic rings. The standard InChI is InChI=1S/C15H30O2.Ga.3H/c1-2-3-4-5-6-7-8-9-10-11-12-13-14-15(16)17;;;;/h2-14H2,1H3,(H,16,17);;;;. The van der Waals surface area contributed by atoms with E-state index in [-0.39, 0.29) is 19.8 Å². The molecule has 0 saturated heterocycles. The van der Waals surface area contributed by atoms with Gasteiger partial charge in [-0.25, -0.2) is 0 Å². The van der Waals surface area contributed by atoms with Crippen molar-refractivity contribution in [2.45, 2.75) is 90.4 Å². The average molecular weight is 315 g/mol. The van der Waals surface area contributed by atoms with Crippen molar-refractivity contribution >= 4 is 25.8 Å². The molecule has 0 rings (SSSR count). The first-order valence-corrected chi connectivity index (χ1v) is 7.49. The molecule has 0 radical (unpaired) electrons. The Labute approximate surface area is 126 Å². The molecule has 0 saturated carbocycles. The van der Waals surface area contributed by atoms with Crippen molar-refractivity contribution in [3.8, 4) is 0 Å². The zero-order valence-corrected chi connectivity index (χ0v) is 11.5. The second kappa shape index (κ2) is 17.1. The minimum absolute atomic E-state index is 0. The summed E-state index contributed by atoms with van der Waals surface area (Å²) in [6.45, 7) is 2.25. The summed E-state index contributed by atoms with van der Waals surface area (Å²) in [5, 5.41) is 8.47. The van der Waals surface area contributed by atoms with Gasteiger partial charge in [0.2, 0.25) is 0 Å². The first-order valence-electron chi connectivity index (χ1n) is 7.49. The molecule has 2 nitrogen and oxygen atoms in total. The van der Waals surface area contributed by atoms with Gasteiger partial charge in [-0.1, -0.05) is 77.6 Å². The van der Waals surface area contributed by atoms with Crippen LogP contribution in [0, 0.1) is 0 Å². The maximum atomic E-state index is 10.3. The third kappa shape index (κ3) is 18.5. The van der Waals surface area contributed by atoms with Crippen molar-refractivity contribution in [3.63, 3.8) is 0 Å². The molecule has 0 aliphatic carbocycles. The predicted octanol–water partition coefficient (Wildman–Crippen LogP) is 3.98. The van der Waals surface area contributed by atoms with E-state index in [1.165, 1.54) is 64.2 Å². The summed E-state index contributed by atoms with van der Waals surface area (Å²) in [6, 6.07) is 0. The molecule has 0 spiro atoms. The molecular formula is C15H33GaO2. The van der Waals surface area contributed by atoms with Gasteiger partial charge < -0.3 is 5.11 Å². The molecule has 1 N–H and O–H groups in total. The van der Waals surface area contributed by atoms with Crippen molar-refractivity contribution in [3.05, 3.63) is 0 Å². The third-order valence-corrected chi connectivity index (χ3v) is 3.24. The second-order valence-electron chi connectivity index (χ2n) is 5.03.